The van der Waals surface area contributed by atoms with E-state index in [1.165, 1.54) is 0 Å². The molecule has 2 aromatic carbocycles. The maximum atomic E-state index is 12.4. The Morgan fingerprint density at radius 1 is 0.952 bits per heavy atom. The van der Waals surface area contributed by atoms with E-state index in [4.69, 9.17) is 5.84 Å². The van der Waals surface area contributed by atoms with Crippen molar-refractivity contribution >= 4 is 28.2 Å². The van der Waals surface area contributed by atoms with Crippen molar-refractivity contribution < 1.29 is 4.79 Å². The quantitative estimate of drug-likeness (QED) is 0.508. The second-order valence-electron chi connectivity index (χ2n) is 4.52. The Balaban J connectivity index is 1.97. The van der Waals surface area contributed by atoms with E-state index in [-0.39, 0.29) is 5.91 Å². The summed E-state index contributed by atoms with van der Waals surface area (Å²) in [6, 6.07) is 16.5. The third-order valence-corrected chi connectivity index (χ3v) is 3.21. The van der Waals surface area contributed by atoms with Crippen LogP contribution in [0.1, 0.15) is 10.4 Å². The first-order valence-electron chi connectivity index (χ1n) is 6.50. The average molecular weight is 278 g/mol. The third kappa shape index (κ3) is 2.54. The minimum Gasteiger partial charge on any atom is -0.323 e. The SMILES string of the molecule is NNc1ccccc1C(=O)Nc1cccc2cccnc12. The third-order valence-electron chi connectivity index (χ3n) is 3.21. The van der Waals surface area contributed by atoms with E-state index >= 15 is 0 Å². The van der Waals surface area contributed by atoms with Gasteiger partial charge in [0.15, 0.2) is 0 Å². The number of amides is 1. The van der Waals surface area contributed by atoms with Gasteiger partial charge in [-0.15, -0.1) is 0 Å². The first kappa shape index (κ1) is 13.1. The molecule has 1 aromatic heterocycles. The summed E-state index contributed by atoms with van der Waals surface area (Å²) < 4.78 is 0. The molecule has 0 bridgehead atoms. The van der Waals surface area contributed by atoms with Gasteiger partial charge in [-0.05, 0) is 24.3 Å². The predicted molar refractivity (Wildman–Crippen MR) is 83.9 cm³/mol. The first-order chi connectivity index (χ1) is 10.3. The minimum atomic E-state index is -0.235. The number of nitrogen functional groups attached to an aromatic ring is 1. The standard InChI is InChI=1S/C16H14N4O/c17-20-13-8-2-1-7-12(13)16(21)19-14-9-3-5-11-6-4-10-18-15(11)14/h1-10,20H,17H2,(H,19,21). The maximum Gasteiger partial charge on any atom is 0.257 e. The van der Waals surface area contributed by atoms with Gasteiger partial charge in [0.2, 0.25) is 0 Å². The second-order valence-corrected chi connectivity index (χ2v) is 4.52. The van der Waals surface area contributed by atoms with Crippen LogP contribution in [0.3, 0.4) is 0 Å². The zero-order valence-electron chi connectivity index (χ0n) is 11.2. The fraction of sp³-hybridized carbons (Fsp3) is 0. The summed E-state index contributed by atoms with van der Waals surface area (Å²) in [6.07, 6.45) is 1.70. The Hall–Kier alpha value is -2.92. The van der Waals surface area contributed by atoms with Crippen LogP contribution in [0, 0.1) is 0 Å². The molecule has 0 fully saturated rings. The fourth-order valence-corrected chi connectivity index (χ4v) is 2.20. The highest BCUT2D eigenvalue weighted by atomic mass is 16.1. The molecule has 0 unspecified atom stereocenters. The lowest BCUT2D eigenvalue weighted by atomic mass is 10.1. The molecule has 1 amide bonds. The van der Waals surface area contributed by atoms with Gasteiger partial charge in [0.1, 0.15) is 0 Å². The van der Waals surface area contributed by atoms with Gasteiger partial charge in [0.25, 0.3) is 5.91 Å². The Morgan fingerprint density at radius 2 is 1.71 bits per heavy atom. The number of pyridine rings is 1. The monoisotopic (exact) mass is 278 g/mol. The summed E-state index contributed by atoms with van der Waals surface area (Å²) in [6.45, 7) is 0. The molecule has 0 aliphatic rings. The van der Waals surface area contributed by atoms with Crippen molar-refractivity contribution in [1.29, 1.82) is 0 Å². The number of nitrogens with zero attached hydrogens (tertiary/aromatic N) is 1. The molecule has 0 aliphatic heterocycles. The minimum absolute atomic E-state index is 0.235. The molecule has 0 atom stereocenters. The van der Waals surface area contributed by atoms with E-state index in [2.05, 4.69) is 15.7 Å². The molecule has 5 heteroatoms. The number of hydrogen-bond acceptors (Lipinski definition) is 4. The number of carbonyl (C=O) groups is 1. The van der Waals surface area contributed by atoms with Crippen molar-refractivity contribution in [3.05, 3.63) is 66.4 Å². The number of anilines is 2. The van der Waals surface area contributed by atoms with Crippen LogP contribution in [0.4, 0.5) is 11.4 Å². The molecular formula is C16H14N4O. The molecule has 1 heterocycles. The molecule has 0 spiro atoms. The van der Waals surface area contributed by atoms with Crippen LogP contribution in [-0.2, 0) is 0 Å². The number of rotatable bonds is 3. The lowest BCUT2D eigenvalue weighted by molar-refractivity contribution is 0.102. The molecule has 0 saturated heterocycles. The normalized spacial score (nSPS) is 10.3. The number of aromatic nitrogens is 1. The van der Waals surface area contributed by atoms with Crippen molar-refractivity contribution in [2.75, 3.05) is 10.7 Å². The summed E-state index contributed by atoms with van der Waals surface area (Å²) in [4.78, 5) is 16.7. The molecule has 104 valence electrons. The Bertz CT molecular complexity index is 796. The molecule has 3 aromatic rings. The second kappa shape index (κ2) is 5.60. The summed E-state index contributed by atoms with van der Waals surface area (Å²) in [5, 5.41) is 3.85. The molecule has 4 N–H and O–H groups in total. The molecule has 5 nitrogen and oxygen atoms in total. The molecule has 0 aliphatic carbocycles. The summed E-state index contributed by atoms with van der Waals surface area (Å²) in [5.41, 5.74) is 5.00. The van der Waals surface area contributed by atoms with Crippen molar-refractivity contribution in [3.63, 3.8) is 0 Å². The van der Waals surface area contributed by atoms with E-state index < -0.39 is 0 Å². The number of carbonyl (C=O) groups excluding carboxylic acids is 1. The van der Waals surface area contributed by atoms with Crippen molar-refractivity contribution in [1.82, 2.24) is 4.98 Å². The van der Waals surface area contributed by atoms with Gasteiger partial charge in [-0.1, -0.05) is 30.3 Å². The Morgan fingerprint density at radius 3 is 2.57 bits per heavy atom. The number of nitrogens with one attached hydrogen (secondary N) is 2. The zero-order valence-corrected chi connectivity index (χ0v) is 11.2. The van der Waals surface area contributed by atoms with Gasteiger partial charge in [0.05, 0.1) is 22.5 Å². The van der Waals surface area contributed by atoms with Gasteiger partial charge >= 0.3 is 0 Å². The van der Waals surface area contributed by atoms with Crippen LogP contribution in [0.2, 0.25) is 0 Å². The zero-order chi connectivity index (χ0) is 14.7. The molecule has 0 saturated carbocycles. The fourth-order valence-electron chi connectivity index (χ4n) is 2.20. The number of nitrogens with two attached hydrogens (primary N) is 1. The lowest BCUT2D eigenvalue weighted by Gasteiger charge is -2.10. The van der Waals surface area contributed by atoms with Gasteiger partial charge in [-0.3, -0.25) is 15.6 Å². The van der Waals surface area contributed by atoms with E-state index in [1.807, 2.05) is 36.4 Å². The maximum absolute atomic E-state index is 12.4. The molecule has 21 heavy (non-hydrogen) atoms. The highest BCUT2D eigenvalue weighted by Gasteiger charge is 2.12. The topological polar surface area (TPSA) is 80.0 Å². The highest BCUT2D eigenvalue weighted by Crippen LogP contribution is 2.22. The number of fused-ring (bicyclic) bond motifs is 1. The van der Waals surface area contributed by atoms with Crippen LogP contribution < -0.4 is 16.6 Å². The smallest absolute Gasteiger partial charge is 0.257 e. The van der Waals surface area contributed by atoms with Crippen LogP contribution >= 0.6 is 0 Å². The molecular weight excluding hydrogens is 264 g/mol. The number of hydrazine groups is 1. The van der Waals surface area contributed by atoms with E-state index in [1.54, 1.807) is 24.4 Å². The number of hydrogen-bond donors (Lipinski definition) is 3. The highest BCUT2D eigenvalue weighted by molar-refractivity contribution is 6.11. The molecule has 0 radical (unpaired) electrons. The summed E-state index contributed by atoms with van der Waals surface area (Å²) >= 11 is 0. The number of para-hydroxylation sites is 2. The predicted octanol–water partition coefficient (Wildman–Crippen LogP) is 2.77. The Kier molecular flexibility index (Phi) is 3.49. The average Bonchev–Trinajstić information content (AvgIpc) is 2.55. The van der Waals surface area contributed by atoms with Crippen LogP contribution in [0.25, 0.3) is 10.9 Å². The molecule has 3 rings (SSSR count). The van der Waals surface area contributed by atoms with Crippen LogP contribution in [-0.4, -0.2) is 10.9 Å². The van der Waals surface area contributed by atoms with Crippen molar-refractivity contribution in [2.24, 2.45) is 5.84 Å². The first-order valence-corrected chi connectivity index (χ1v) is 6.50. The van der Waals surface area contributed by atoms with Crippen LogP contribution in [0.15, 0.2) is 60.8 Å². The number of benzene rings is 2. The van der Waals surface area contributed by atoms with E-state index in [0.29, 0.717) is 16.9 Å². The van der Waals surface area contributed by atoms with Crippen molar-refractivity contribution in [3.8, 4) is 0 Å². The van der Waals surface area contributed by atoms with Crippen LogP contribution in [0.5, 0.6) is 0 Å². The summed E-state index contributed by atoms with van der Waals surface area (Å²) in [7, 11) is 0. The summed E-state index contributed by atoms with van der Waals surface area (Å²) in [5.74, 6) is 5.20. The van der Waals surface area contributed by atoms with Gasteiger partial charge in [-0.2, -0.15) is 0 Å². The van der Waals surface area contributed by atoms with E-state index in [0.717, 1.165) is 10.9 Å². The van der Waals surface area contributed by atoms with Gasteiger partial charge < -0.3 is 10.7 Å². The van der Waals surface area contributed by atoms with Crippen molar-refractivity contribution in [2.45, 2.75) is 0 Å². The largest absolute Gasteiger partial charge is 0.323 e. The lowest BCUT2D eigenvalue weighted by Crippen LogP contribution is -2.17. The van der Waals surface area contributed by atoms with Gasteiger partial charge in [-0.25, -0.2) is 0 Å². The Labute approximate surface area is 121 Å². The van der Waals surface area contributed by atoms with Gasteiger partial charge in [0, 0.05) is 11.6 Å². The van der Waals surface area contributed by atoms with E-state index in [9.17, 15) is 4.79 Å².